The normalized spacial score (nSPS) is 11.6. The first-order valence-corrected chi connectivity index (χ1v) is 9.07. The number of hydrogen-bond donors (Lipinski definition) is 1. The van der Waals surface area contributed by atoms with Crippen LogP contribution in [0.4, 0.5) is 17.6 Å². The first-order valence-electron chi connectivity index (χ1n) is 7.52. The number of nitriles is 1. The van der Waals surface area contributed by atoms with E-state index in [1.54, 1.807) is 0 Å². The van der Waals surface area contributed by atoms with E-state index in [0.29, 0.717) is 17.7 Å². The SMILES string of the molecule is N#Cc1ccc(-n2nc(C(F)F)cc2-c2cc(F)c(S(N)(=O)=O)c(F)c2)cc1. The van der Waals surface area contributed by atoms with E-state index in [9.17, 15) is 26.0 Å². The van der Waals surface area contributed by atoms with Gasteiger partial charge in [-0.25, -0.2) is 35.8 Å². The van der Waals surface area contributed by atoms with Crippen molar-refractivity contribution in [2.75, 3.05) is 0 Å². The Kier molecular flexibility index (Phi) is 4.93. The lowest BCUT2D eigenvalue weighted by atomic mass is 10.1. The molecular weight excluding hydrogens is 400 g/mol. The van der Waals surface area contributed by atoms with Crippen LogP contribution >= 0.6 is 0 Å². The fourth-order valence-electron chi connectivity index (χ4n) is 2.57. The Morgan fingerprint density at radius 3 is 2.11 bits per heavy atom. The van der Waals surface area contributed by atoms with Crippen molar-refractivity contribution in [3.05, 3.63) is 65.4 Å². The van der Waals surface area contributed by atoms with E-state index in [4.69, 9.17) is 10.4 Å². The fraction of sp³-hybridized carbons (Fsp3) is 0.0588. The van der Waals surface area contributed by atoms with Gasteiger partial charge in [-0.1, -0.05) is 0 Å². The maximum Gasteiger partial charge on any atom is 0.282 e. The second-order valence-corrected chi connectivity index (χ2v) is 7.14. The van der Waals surface area contributed by atoms with Gasteiger partial charge in [-0.05, 0) is 42.5 Å². The zero-order valence-corrected chi connectivity index (χ0v) is 14.6. The molecule has 11 heteroatoms. The van der Waals surface area contributed by atoms with Crippen molar-refractivity contribution < 1.29 is 26.0 Å². The van der Waals surface area contributed by atoms with Crippen LogP contribution in [0.15, 0.2) is 47.4 Å². The summed E-state index contributed by atoms with van der Waals surface area (Å²) in [5, 5.41) is 17.4. The third-order valence-electron chi connectivity index (χ3n) is 3.77. The van der Waals surface area contributed by atoms with Gasteiger partial charge in [0.05, 0.1) is 23.0 Å². The van der Waals surface area contributed by atoms with Crippen molar-refractivity contribution in [1.82, 2.24) is 9.78 Å². The minimum Gasteiger partial charge on any atom is -0.233 e. The Hall–Kier alpha value is -3.23. The van der Waals surface area contributed by atoms with Crippen molar-refractivity contribution in [1.29, 1.82) is 5.26 Å². The number of nitrogens with zero attached hydrogens (tertiary/aromatic N) is 3. The largest absolute Gasteiger partial charge is 0.282 e. The molecule has 3 aromatic rings. The van der Waals surface area contributed by atoms with Crippen LogP contribution in [-0.4, -0.2) is 18.2 Å². The maximum atomic E-state index is 14.2. The zero-order chi connectivity index (χ0) is 20.6. The van der Waals surface area contributed by atoms with Crippen LogP contribution < -0.4 is 5.14 Å². The molecule has 0 amide bonds. The minimum absolute atomic E-state index is 0.112. The standard InChI is InChI=1S/C17H10F4N4O2S/c18-12-5-10(6-13(19)16(12)28(23,26)27)15-7-14(17(20)21)24-25(15)11-3-1-9(8-22)2-4-11/h1-7,17H,(H2,23,26,27). The summed E-state index contributed by atoms with van der Waals surface area (Å²) in [4.78, 5) is -1.32. The molecule has 3 rings (SSSR count). The highest BCUT2D eigenvalue weighted by Gasteiger charge is 2.24. The zero-order valence-electron chi connectivity index (χ0n) is 13.8. The van der Waals surface area contributed by atoms with Crippen LogP contribution in [0, 0.1) is 23.0 Å². The van der Waals surface area contributed by atoms with Gasteiger partial charge < -0.3 is 0 Å². The number of alkyl halides is 2. The van der Waals surface area contributed by atoms with Gasteiger partial charge in [-0.15, -0.1) is 0 Å². The van der Waals surface area contributed by atoms with E-state index in [2.05, 4.69) is 5.10 Å². The first kappa shape index (κ1) is 19.5. The van der Waals surface area contributed by atoms with E-state index >= 15 is 0 Å². The average molecular weight is 410 g/mol. The number of aromatic nitrogens is 2. The van der Waals surface area contributed by atoms with Crippen LogP contribution in [0.2, 0.25) is 0 Å². The summed E-state index contributed by atoms with van der Waals surface area (Å²) in [6, 6.07) is 9.79. The summed E-state index contributed by atoms with van der Waals surface area (Å²) >= 11 is 0. The summed E-state index contributed by atoms with van der Waals surface area (Å²) < 4.78 is 78.3. The maximum absolute atomic E-state index is 14.2. The Morgan fingerprint density at radius 1 is 1.07 bits per heavy atom. The molecule has 0 fully saturated rings. The van der Waals surface area contributed by atoms with Crippen LogP contribution in [0.3, 0.4) is 0 Å². The van der Waals surface area contributed by atoms with Gasteiger partial charge in [0.2, 0.25) is 10.0 Å². The molecule has 6 nitrogen and oxygen atoms in total. The fourth-order valence-corrected chi connectivity index (χ4v) is 3.23. The monoisotopic (exact) mass is 410 g/mol. The Morgan fingerprint density at radius 2 is 1.64 bits per heavy atom. The van der Waals surface area contributed by atoms with E-state index in [1.807, 2.05) is 6.07 Å². The summed E-state index contributed by atoms with van der Waals surface area (Å²) in [7, 11) is -4.66. The molecule has 0 saturated carbocycles. The van der Waals surface area contributed by atoms with Gasteiger partial charge in [0.15, 0.2) is 4.90 Å². The van der Waals surface area contributed by atoms with Gasteiger partial charge in [-0.2, -0.15) is 10.4 Å². The third kappa shape index (κ3) is 3.60. The number of nitrogens with two attached hydrogens (primary N) is 1. The first-order chi connectivity index (χ1) is 13.1. The quantitative estimate of drug-likeness (QED) is 0.667. The van der Waals surface area contributed by atoms with Crippen molar-refractivity contribution in [3.8, 4) is 23.0 Å². The molecule has 1 heterocycles. The molecule has 0 saturated heterocycles. The summed E-state index contributed by atoms with van der Waals surface area (Å²) in [5.74, 6) is -2.94. The van der Waals surface area contributed by atoms with Crippen LogP contribution in [0.5, 0.6) is 0 Å². The summed E-state index contributed by atoms with van der Waals surface area (Å²) in [6.45, 7) is 0. The molecule has 0 bridgehead atoms. The molecule has 2 N–H and O–H groups in total. The lowest BCUT2D eigenvalue weighted by molar-refractivity contribution is 0.145. The van der Waals surface area contributed by atoms with Crippen molar-refractivity contribution >= 4 is 10.0 Å². The molecule has 0 aliphatic carbocycles. The van der Waals surface area contributed by atoms with Crippen LogP contribution in [-0.2, 0) is 10.0 Å². The average Bonchev–Trinajstić information content (AvgIpc) is 3.05. The Labute approximate surface area is 156 Å². The highest BCUT2D eigenvalue weighted by molar-refractivity contribution is 7.89. The van der Waals surface area contributed by atoms with Crippen molar-refractivity contribution in [3.63, 3.8) is 0 Å². The molecule has 0 radical (unpaired) electrons. The smallest absolute Gasteiger partial charge is 0.233 e. The molecule has 0 aliphatic rings. The summed E-state index contributed by atoms with van der Waals surface area (Å²) in [6.07, 6.45) is -2.96. The molecule has 144 valence electrons. The number of halogens is 4. The van der Waals surface area contributed by atoms with Crippen molar-refractivity contribution in [2.24, 2.45) is 5.14 Å². The van der Waals surface area contributed by atoms with Gasteiger partial charge in [-0.3, -0.25) is 0 Å². The van der Waals surface area contributed by atoms with Gasteiger partial charge in [0.1, 0.15) is 17.3 Å². The van der Waals surface area contributed by atoms with E-state index < -0.39 is 38.7 Å². The highest BCUT2D eigenvalue weighted by Crippen LogP contribution is 2.31. The molecule has 0 unspecified atom stereocenters. The molecule has 1 aromatic heterocycles. The predicted molar refractivity (Wildman–Crippen MR) is 90.0 cm³/mol. The Bertz CT molecular complexity index is 1180. The minimum atomic E-state index is -4.66. The lowest BCUT2D eigenvalue weighted by Crippen LogP contribution is -2.16. The second-order valence-electron chi connectivity index (χ2n) is 5.64. The van der Waals surface area contributed by atoms with E-state index in [-0.39, 0.29) is 16.9 Å². The number of primary sulfonamides is 1. The number of rotatable bonds is 4. The molecule has 0 spiro atoms. The van der Waals surface area contributed by atoms with Gasteiger partial charge in [0, 0.05) is 5.56 Å². The second kappa shape index (κ2) is 7.06. The van der Waals surface area contributed by atoms with Crippen molar-refractivity contribution in [2.45, 2.75) is 11.3 Å². The molecule has 0 atom stereocenters. The number of sulfonamides is 1. The molecule has 28 heavy (non-hydrogen) atoms. The van der Waals surface area contributed by atoms with Crippen LogP contribution in [0.1, 0.15) is 17.7 Å². The number of hydrogen-bond acceptors (Lipinski definition) is 4. The van der Waals surface area contributed by atoms with Gasteiger partial charge in [0.25, 0.3) is 6.43 Å². The molecule has 2 aromatic carbocycles. The van der Waals surface area contributed by atoms with E-state index in [0.717, 1.165) is 10.7 Å². The lowest BCUT2D eigenvalue weighted by Gasteiger charge is -2.10. The molecular formula is C17H10F4N4O2S. The van der Waals surface area contributed by atoms with E-state index in [1.165, 1.54) is 24.3 Å². The summed E-state index contributed by atoms with van der Waals surface area (Å²) in [5.41, 5.74) is -0.445. The topological polar surface area (TPSA) is 102 Å². The third-order valence-corrected chi connectivity index (χ3v) is 4.73. The molecule has 0 aliphatic heterocycles. The van der Waals surface area contributed by atoms with Gasteiger partial charge >= 0.3 is 0 Å². The van der Waals surface area contributed by atoms with Crippen LogP contribution in [0.25, 0.3) is 16.9 Å². The highest BCUT2D eigenvalue weighted by atomic mass is 32.2. The Balaban J connectivity index is 2.23. The number of benzene rings is 2. The predicted octanol–water partition coefficient (Wildman–Crippen LogP) is 3.27.